The molecular formula is C7H9N3O. The Morgan fingerprint density at radius 3 is 3.36 bits per heavy atom. The molecular weight excluding hydrogens is 142 g/mol. The smallest absolute Gasteiger partial charge is 0.257 e. The average Bonchev–Trinajstić information content (AvgIpc) is 2.06. The first kappa shape index (κ1) is 6.67. The molecule has 2 heterocycles. The molecule has 58 valence electrons. The molecule has 1 atom stereocenters. The fraction of sp³-hybridized carbons (Fsp3) is 0.571. The normalized spacial score (nSPS) is 29.6. The van der Waals surface area contributed by atoms with Crippen LogP contribution in [0.1, 0.15) is 6.42 Å². The number of carbonyl (C=O) groups is 1. The van der Waals surface area contributed by atoms with Crippen molar-refractivity contribution < 1.29 is 4.79 Å². The summed E-state index contributed by atoms with van der Waals surface area (Å²) in [4.78, 5) is 18.8. The van der Waals surface area contributed by atoms with E-state index >= 15 is 0 Å². The number of hydrogen-bond donors (Lipinski definition) is 1. The highest BCUT2D eigenvalue weighted by Gasteiger charge is 2.27. The lowest BCUT2D eigenvalue weighted by Gasteiger charge is -2.23. The second kappa shape index (κ2) is 2.54. The molecule has 0 spiro atoms. The van der Waals surface area contributed by atoms with E-state index in [1.165, 1.54) is 6.34 Å². The highest BCUT2D eigenvalue weighted by atomic mass is 16.1. The van der Waals surface area contributed by atoms with Gasteiger partial charge in [-0.15, -0.1) is 0 Å². The minimum atomic E-state index is -0.0752. The first-order chi connectivity index (χ1) is 5.38. The molecule has 2 aliphatic rings. The van der Waals surface area contributed by atoms with Crippen molar-refractivity contribution in [2.75, 3.05) is 13.1 Å². The van der Waals surface area contributed by atoms with Gasteiger partial charge in [0.05, 0.1) is 5.92 Å². The number of fused-ring (bicyclic) bond motifs is 1. The van der Waals surface area contributed by atoms with Crippen molar-refractivity contribution >= 4 is 18.0 Å². The first-order valence-corrected chi connectivity index (χ1v) is 3.71. The van der Waals surface area contributed by atoms with Crippen molar-refractivity contribution in [1.29, 1.82) is 0 Å². The maximum absolute atomic E-state index is 11.1. The molecule has 2 rings (SSSR count). The largest absolute Gasteiger partial charge is 0.315 e. The fourth-order valence-electron chi connectivity index (χ4n) is 1.39. The Kier molecular flexibility index (Phi) is 1.54. The number of carbonyl (C=O) groups excluding carboxylic acids is 1. The van der Waals surface area contributed by atoms with Gasteiger partial charge >= 0.3 is 0 Å². The minimum absolute atomic E-state index is 0.0535. The molecule has 1 N–H and O–H groups in total. The summed E-state index contributed by atoms with van der Waals surface area (Å²) in [6.07, 6.45) is 2.24. The monoisotopic (exact) mass is 151 g/mol. The van der Waals surface area contributed by atoms with Crippen molar-refractivity contribution in [2.24, 2.45) is 15.9 Å². The summed E-state index contributed by atoms with van der Waals surface area (Å²) in [7, 11) is 0. The van der Waals surface area contributed by atoms with Crippen molar-refractivity contribution in [1.82, 2.24) is 5.32 Å². The molecule has 0 aromatic heterocycles. The summed E-state index contributed by atoms with van der Waals surface area (Å²) in [5.41, 5.74) is 0.990. The van der Waals surface area contributed by atoms with E-state index in [-0.39, 0.29) is 11.8 Å². The molecule has 0 bridgehead atoms. The second-order valence-electron chi connectivity index (χ2n) is 2.71. The van der Waals surface area contributed by atoms with E-state index in [0.29, 0.717) is 6.54 Å². The number of aliphatic imine (C=N–C) groups is 2. The van der Waals surface area contributed by atoms with Gasteiger partial charge in [0, 0.05) is 18.8 Å². The van der Waals surface area contributed by atoms with E-state index in [2.05, 4.69) is 15.3 Å². The molecule has 4 nitrogen and oxygen atoms in total. The zero-order chi connectivity index (χ0) is 7.68. The lowest BCUT2D eigenvalue weighted by Crippen LogP contribution is -2.42. The third kappa shape index (κ3) is 1.09. The fourth-order valence-corrected chi connectivity index (χ4v) is 1.39. The number of amides is 1. The molecule has 1 saturated heterocycles. The van der Waals surface area contributed by atoms with E-state index in [9.17, 15) is 4.79 Å². The Hall–Kier alpha value is -1.03. The van der Waals surface area contributed by atoms with Crippen LogP contribution in [0.15, 0.2) is 9.98 Å². The van der Waals surface area contributed by atoms with Gasteiger partial charge < -0.3 is 5.32 Å². The van der Waals surface area contributed by atoms with Gasteiger partial charge in [-0.05, 0) is 6.42 Å². The van der Waals surface area contributed by atoms with Crippen molar-refractivity contribution in [3.05, 3.63) is 0 Å². The number of nitrogens with zero attached hydrogens (tertiary/aromatic N) is 2. The summed E-state index contributed by atoms with van der Waals surface area (Å²) in [6, 6.07) is 0. The van der Waals surface area contributed by atoms with E-state index in [4.69, 9.17) is 0 Å². The standard InChI is InChI=1S/C7H9N3O/c11-7-5-3-8-2-1-6(5)9-4-10-7/h4-5,8H,1-3H2/t5-/m1/s1. The summed E-state index contributed by atoms with van der Waals surface area (Å²) < 4.78 is 0. The molecule has 0 aliphatic carbocycles. The summed E-state index contributed by atoms with van der Waals surface area (Å²) in [5.74, 6) is -0.129. The third-order valence-corrected chi connectivity index (χ3v) is 2.02. The van der Waals surface area contributed by atoms with Crippen LogP contribution in [0.4, 0.5) is 0 Å². The average molecular weight is 151 g/mol. The quantitative estimate of drug-likeness (QED) is 0.512. The topological polar surface area (TPSA) is 53.8 Å². The molecule has 0 aromatic carbocycles. The van der Waals surface area contributed by atoms with E-state index < -0.39 is 0 Å². The molecule has 11 heavy (non-hydrogen) atoms. The SMILES string of the molecule is O=C1N=CN=C2CCNC[C@@H]12. The molecule has 1 amide bonds. The number of piperidine rings is 1. The lowest BCUT2D eigenvalue weighted by molar-refractivity contribution is -0.119. The van der Waals surface area contributed by atoms with Crippen LogP contribution in [0.25, 0.3) is 0 Å². The number of nitrogens with one attached hydrogen (secondary N) is 1. The maximum Gasteiger partial charge on any atom is 0.257 e. The van der Waals surface area contributed by atoms with E-state index in [1.807, 2.05) is 0 Å². The predicted molar refractivity (Wildman–Crippen MR) is 41.9 cm³/mol. The van der Waals surface area contributed by atoms with Crippen LogP contribution in [0, 0.1) is 5.92 Å². The Labute approximate surface area is 64.4 Å². The summed E-state index contributed by atoms with van der Waals surface area (Å²) in [6.45, 7) is 1.63. The molecule has 0 unspecified atom stereocenters. The van der Waals surface area contributed by atoms with Gasteiger partial charge in [0.1, 0.15) is 6.34 Å². The van der Waals surface area contributed by atoms with Gasteiger partial charge in [-0.3, -0.25) is 4.79 Å². The molecule has 0 radical (unpaired) electrons. The van der Waals surface area contributed by atoms with Crippen LogP contribution in [0.3, 0.4) is 0 Å². The Morgan fingerprint density at radius 2 is 2.55 bits per heavy atom. The van der Waals surface area contributed by atoms with Crippen LogP contribution in [-0.4, -0.2) is 31.0 Å². The van der Waals surface area contributed by atoms with Crippen molar-refractivity contribution in [3.63, 3.8) is 0 Å². The Balaban J connectivity index is 2.25. The third-order valence-electron chi connectivity index (χ3n) is 2.02. The van der Waals surface area contributed by atoms with Crippen LogP contribution >= 0.6 is 0 Å². The molecule has 1 fully saturated rings. The first-order valence-electron chi connectivity index (χ1n) is 3.71. The molecule has 0 aromatic rings. The van der Waals surface area contributed by atoms with Gasteiger partial charge in [-0.1, -0.05) is 0 Å². The highest BCUT2D eigenvalue weighted by molar-refractivity contribution is 6.12. The number of hydrogen-bond acceptors (Lipinski definition) is 3. The summed E-state index contributed by atoms with van der Waals surface area (Å²) in [5, 5.41) is 3.14. The van der Waals surface area contributed by atoms with Crippen LogP contribution in [0.2, 0.25) is 0 Å². The van der Waals surface area contributed by atoms with Crippen molar-refractivity contribution in [2.45, 2.75) is 6.42 Å². The zero-order valence-corrected chi connectivity index (χ0v) is 6.08. The van der Waals surface area contributed by atoms with E-state index in [0.717, 1.165) is 18.7 Å². The van der Waals surface area contributed by atoms with Gasteiger partial charge in [0.2, 0.25) is 0 Å². The van der Waals surface area contributed by atoms with E-state index in [1.54, 1.807) is 0 Å². The zero-order valence-electron chi connectivity index (χ0n) is 6.08. The molecule has 4 heteroatoms. The van der Waals surface area contributed by atoms with Gasteiger partial charge in [-0.2, -0.15) is 0 Å². The minimum Gasteiger partial charge on any atom is -0.315 e. The van der Waals surface area contributed by atoms with Gasteiger partial charge in [0.25, 0.3) is 5.91 Å². The van der Waals surface area contributed by atoms with Crippen LogP contribution in [0.5, 0.6) is 0 Å². The highest BCUT2D eigenvalue weighted by Crippen LogP contribution is 2.12. The lowest BCUT2D eigenvalue weighted by atomic mass is 9.96. The predicted octanol–water partition coefficient (Wildman–Crippen LogP) is -0.395. The summed E-state index contributed by atoms with van der Waals surface area (Å²) >= 11 is 0. The van der Waals surface area contributed by atoms with Gasteiger partial charge in [-0.25, -0.2) is 9.98 Å². The number of rotatable bonds is 0. The van der Waals surface area contributed by atoms with Crippen LogP contribution in [-0.2, 0) is 4.79 Å². The Morgan fingerprint density at radius 1 is 1.64 bits per heavy atom. The molecule has 0 saturated carbocycles. The second-order valence-corrected chi connectivity index (χ2v) is 2.71. The molecule has 2 aliphatic heterocycles. The Bertz CT molecular complexity index is 244. The van der Waals surface area contributed by atoms with Crippen LogP contribution < -0.4 is 5.32 Å². The van der Waals surface area contributed by atoms with Gasteiger partial charge in [0.15, 0.2) is 0 Å². The van der Waals surface area contributed by atoms with Crippen molar-refractivity contribution in [3.8, 4) is 0 Å². The maximum atomic E-state index is 11.1.